The van der Waals surface area contributed by atoms with Gasteiger partial charge in [-0.1, -0.05) is 0 Å². The first kappa shape index (κ1) is 13.5. The number of nitro groups is 1. The number of nitrogens with zero attached hydrogens (tertiary/aromatic N) is 3. The summed E-state index contributed by atoms with van der Waals surface area (Å²) in [5, 5.41) is 13.7. The SMILES string of the molecule is CN1CCOC(CNc2cc([N+](=O)[O-])cc(N)n2)C1. The van der Waals surface area contributed by atoms with Gasteiger partial charge in [0.1, 0.15) is 11.6 Å². The maximum Gasteiger partial charge on any atom is 0.276 e. The fourth-order valence-corrected chi connectivity index (χ4v) is 1.94. The van der Waals surface area contributed by atoms with Gasteiger partial charge >= 0.3 is 0 Å². The molecule has 19 heavy (non-hydrogen) atoms. The molecular formula is C11H17N5O3. The molecule has 8 nitrogen and oxygen atoms in total. The van der Waals surface area contributed by atoms with Crippen molar-refractivity contribution in [2.75, 3.05) is 44.3 Å². The summed E-state index contributed by atoms with van der Waals surface area (Å²) in [6.07, 6.45) is 0.0426. The van der Waals surface area contributed by atoms with Crippen LogP contribution in [-0.4, -0.2) is 54.2 Å². The number of rotatable bonds is 4. The first-order chi connectivity index (χ1) is 9.04. The molecule has 2 rings (SSSR count). The van der Waals surface area contributed by atoms with Crippen LogP contribution in [0.2, 0.25) is 0 Å². The molecule has 1 aliphatic heterocycles. The Bertz CT molecular complexity index is 468. The van der Waals surface area contributed by atoms with Gasteiger partial charge in [0.05, 0.1) is 29.8 Å². The van der Waals surface area contributed by atoms with Crippen LogP contribution in [0, 0.1) is 10.1 Å². The van der Waals surface area contributed by atoms with Crippen molar-refractivity contribution in [3.63, 3.8) is 0 Å². The summed E-state index contributed by atoms with van der Waals surface area (Å²) in [5.74, 6) is 0.516. The van der Waals surface area contributed by atoms with Gasteiger partial charge in [-0.05, 0) is 7.05 Å². The summed E-state index contributed by atoms with van der Waals surface area (Å²) in [6.45, 7) is 2.96. The summed E-state index contributed by atoms with van der Waals surface area (Å²) in [6, 6.07) is 2.60. The van der Waals surface area contributed by atoms with Crippen LogP contribution < -0.4 is 11.1 Å². The number of anilines is 2. The van der Waals surface area contributed by atoms with Gasteiger partial charge < -0.3 is 20.7 Å². The van der Waals surface area contributed by atoms with Crippen molar-refractivity contribution in [1.82, 2.24) is 9.88 Å². The van der Waals surface area contributed by atoms with Crippen LogP contribution in [0.15, 0.2) is 12.1 Å². The number of hydrogen-bond donors (Lipinski definition) is 2. The number of ether oxygens (including phenoxy) is 1. The number of nitrogens with two attached hydrogens (primary N) is 1. The van der Waals surface area contributed by atoms with Crippen molar-refractivity contribution in [3.8, 4) is 0 Å². The number of pyridine rings is 1. The average molecular weight is 267 g/mol. The number of likely N-dealkylation sites (N-methyl/N-ethyl adjacent to an activating group) is 1. The molecule has 1 aliphatic rings. The van der Waals surface area contributed by atoms with Gasteiger partial charge in [0.2, 0.25) is 0 Å². The molecule has 0 aromatic carbocycles. The van der Waals surface area contributed by atoms with Crippen molar-refractivity contribution < 1.29 is 9.66 Å². The highest BCUT2D eigenvalue weighted by Gasteiger charge is 2.18. The molecule has 1 saturated heterocycles. The Balaban J connectivity index is 1.97. The molecule has 1 unspecified atom stereocenters. The van der Waals surface area contributed by atoms with E-state index in [2.05, 4.69) is 15.2 Å². The third-order valence-electron chi connectivity index (χ3n) is 2.89. The van der Waals surface area contributed by atoms with Crippen LogP contribution in [0.25, 0.3) is 0 Å². The summed E-state index contributed by atoms with van der Waals surface area (Å²) >= 11 is 0. The van der Waals surface area contributed by atoms with E-state index >= 15 is 0 Å². The highest BCUT2D eigenvalue weighted by atomic mass is 16.6. The molecule has 1 aromatic heterocycles. The largest absolute Gasteiger partial charge is 0.383 e. The number of hydrogen-bond acceptors (Lipinski definition) is 7. The monoisotopic (exact) mass is 267 g/mol. The topological polar surface area (TPSA) is 107 Å². The molecule has 0 bridgehead atoms. The Morgan fingerprint density at radius 2 is 2.47 bits per heavy atom. The zero-order valence-electron chi connectivity index (χ0n) is 10.7. The molecule has 0 radical (unpaired) electrons. The van der Waals surface area contributed by atoms with Crippen LogP contribution in [0.5, 0.6) is 0 Å². The molecule has 1 atom stereocenters. The molecule has 1 fully saturated rings. The van der Waals surface area contributed by atoms with Crippen molar-refractivity contribution in [3.05, 3.63) is 22.2 Å². The minimum absolute atomic E-state index is 0.0426. The third kappa shape index (κ3) is 3.76. The number of aromatic nitrogens is 1. The standard InChI is InChI=1S/C11H17N5O3/c1-15-2-3-19-9(7-15)6-13-11-5-8(16(17)18)4-10(12)14-11/h4-5,9H,2-3,6-7H2,1H3,(H3,12,13,14). The smallest absolute Gasteiger partial charge is 0.276 e. The van der Waals surface area contributed by atoms with Gasteiger partial charge in [0.25, 0.3) is 5.69 Å². The van der Waals surface area contributed by atoms with Gasteiger partial charge in [-0.2, -0.15) is 0 Å². The van der Waals surface area contributed by atoms with E-state index in [-0.39, 0.29) is 17.6 Å². The minimum Gasteiger partial charge on any atom is -0.383 e. The fraction of sp³-hybridized carbons (Fsp3) is 0.545. The van der Waals surface area contributed by atoms with E-state index in [0.29, 0.717) is 19.0 Å². The van der Waals surface area contributed by atoms with Crippen molar-refractivity contribution in [2.45, 2.75) is 6.10 Å². The number of nitrogens with one attached hydrogen (secondary N) is 1. The summed E-state index contributed by atoms with van der Waals surface area (Å²) < 4.78 is 5.58. The summed E-state index contributed by atoms with van der Waals surface area (Å²) in [5.41, 5.74) is 5.46. The van der Waals surface area contributed by atoms with Crippen LogP contribution in [-0.2, 0) is 4.74 Å². The molecule has 1 aromatic rings. The fourth-order valence-electron chi connectivity index (χ4n) is 1.94. The highest BCUT2D eigenvalue weighted by molar-refractivity contribution is 5.52. The first-order valence-electron chi connectivity index (χ1n) is 6.00. The van der Waals surface area contributed by atoms with E-state index in [1.807, 2.05) is 7.05 Å². The lowest BCUT2D eigenvalue weighted by molar-refractivity contribution is -0.384. The normalized spacial score (nSPS) is 20.2. The van der Waals surface area contributed by atoms with Crippen LogP contribution in [0.1, 0.15) is 0 Å². The van der Waals surface area contributed by atoms with Gasteiger partial charge in [-0.15, -0.1) is 0 Å². The Morgan fingerprint density at radius 3 is 3.16 bits per heavy atom. The van der Waals surface area contributed by atoms with E-state index in [1.54, 1.807) is 0 Å². The molecule has 3 N–H and O–H groups in total. The lowest BCUT2D eigenvalue weighted by Crippen LogP contribution is -2.43. The molecule has 104 valence electrons. The maximum atomic E-state index is 10.7. The Labute approximate surface area is 110 Å². The third-order valence-corrected chi connectivity index (χ3v) is 2.89. The predicted octanol–water partition coefficient (Wildman–Crippen LogP) is 0.314. The zero-order valence-corrected chi connectivity index (χ0v) is 10.7. The lowest BCUT2D eigenvalue weighted by atomic mass is 10.3. The Morgan fingerprint density at radius 1 is 1.68 bits per heavy atom. The second-order valence-corrected chi connectivity index (χ2v) is 4.53. The molecule has 0 spiro atoms. The maximum absolute atomic E-state index is 10.7. The Kier molecular flexibility index (Phi) is 4.13. The molecule has 0 saturated carbocycles. The summed E-state index contributed by atoms with van der Waals surface area (Å²) in [7, 11) is 2.03. The van der Waals surface area contributed by atoms with Crippen molar-refractivity contribution in [2.24, 2.45) is 0 Å². The van der Waals surface area contributed by atoms with Gasteiger partial charge in [-0.25, -0.2) is 4.98 Å². The lowest BCUT2D eigenvalue weighted by Gasteiger charge is -2.30. The van der Waals surface area contributed by atoms with Gasteiger partial charge in [0.15, 0.2) is 0 Å². The molecule has 0 aliphatic carbocycles. The second kappa shape index (κ2) is 5.81. The minimum atomic E-state index is -0.492. The molecule has 8 heteroatoms. The first-order valence-corrected chi connectivity index (χ1v) is 6.00. The van der Waals surface area contributed by atoms with Gasteiger partial charge in [-0.3, -0.25) is 10.1 Å². The summed E-state index contributed by atoms with van der Waals surface area (Å²) in [4.78, 5) is 16.4. The van der Waals surface area contributed by atoms with Crippen molar-refractivity contribution in [1.29, 1.82) is 0 Å². The molecule has 0 amide bonds. The van der Waals surface area contributed by atoms with Crippen LogP contribution >= 0.6 is 0 Å². The zero-order chi connectivity index (χ0) is 13.8. The Hall–Kier alpha value is -1.93. The van der Waals surface area contributed by atoms with E-state index in [4.69, 9.17) is 10.5 Å². The average Bonchev–Trinajstić information content (AvgIpc) is 2.36. The van der Waals surface area contributed by atoms with E-state index in [9.17, 15) is 10.1 Å². The molecular weight excluding hydrogens is 250 g/mol. The van der Waals surface area contributed by atoms with E-state index in [1.165, 1.54) is 12.1 Å². The molecule has 2 heterocycles. The van der Waals surface area contributed by atoms with E-state index < -0.39 is 4.92 Å². The van der Waals surface area contributed by atoms with Crippen molar-refractivity contribution >= 4 is 17.3 Å². The van der Waals surface area contributed by atoms with Gasteiger partial charge in [0, 0.05) is 19.6 Å². The quantitative estimate of drug-likeness (QED) is 0.597. The second-order valence-electron chi connectivity index (χ2n) is 4.53. The van der Waals surface area contributed by atoms with Crippen LogP contribution in [0.3, 0.4) is 0 Å². The van der Waals surface area contributed by atoms with Crippen LogP contribution in [0.4, 0.5) is 17.3 Å². The number of nitrogen functional groups attached to an aromatic ring is 1. The highest BCUT2D eigenvalue weighted by Crippen LogP contribution is 2.18. The van der Waals surface area contributed by atoms with E-state index in [0.717, 1.165) is 13.1 Å². The predicted molar refractivity (Wildman–Crippen MR) is 71.0 cm³/mol. The number of morpholine rings is 1.